The number of aromatic nitrogens is 1. The van der Waals surface area contributed by atoms with E-state index < -0.39 is 0 Å². The van der Waals surface area contributed by atoms with Crippen molar-refractivity contribution in [3.05, 3.63) is 23.9 Å². The number of nitrogens with zero attached hydrogens (tertiary/aromatic N) is 1. The van der Waals surface area contributed by atoms with E-state index in [1.807, 2.05) is 18.2 Å². The fourth-order valence-corrected chi connectivity index (χ4v) is 2.21. The van der Waals surface area contributed by atoms with Gasteiger partial charge in [0.2, 0.25) is 0 Å². The van der Waals surface area contributed by atoms with Crippen LogP contribution in [0.25, 0.3) is 0 Å². The normalized spacial score (nSPS) is 26.6. The Morgan fingerprint density at radius 3 is 2.86 bits per heavy atom. The van der Waals surface area contributed by atoms with Crippen molar-refractivity contribution in [1.82, 2.24) is 4.98 Å². The standard InChI is InChI=1S/C11H17N3/c12-9-5-4-8(6-9)7-10-2-1-3-11(13)14-10/h1-3,8-9H,4-7,12H2,(H2,13,14)/t8-,9?/m1/s1. The van der Waals surface area contributed by atoms with Crippen LogP contribution in [0.4, 0.5) is 5.82 Å². The smallest absolute Gasteiger partial charge is 0.123 e. The summed E-state index contributed by atoms with van der Waals surface area (Å²) in [6, 6.07) is 6.23. The highest BCUT2D eigenvalue weighted by Gasteiger charge is 2.22. The highest BCUT2D eigenvalue weighted by molar-refractivity contribution is 5.28. The Bertz CT molecular complexity index is 311. The van der Waals surface area contributed by atoms with Crippen LogP contribution in [0.5, 0.6) is 0 Å². The van der Waals surface area contributed by atoms with Crippen LogP contribution >= 0.6 is 0 Å². The van der Waals surface area contributed by atoms with Crippen molar-refractivity contribution < 1.29 is 0 Å². The van der Waals surface area contributed by atoms with Gasteiger partial charge in [0.1, 0.15) is 5.82 Å². The molecule has 1 heterocycles. The highest BCUT2D eigenvalue weighted by atomic mass is 14.8. The highest BCUT2D eigenvalue weighted by Crippen LogP contribution is 2.26. The minimum Gasteiger partial charge on any atom is -0.384 e. The number of hydrogen-bond donors (Lipinski definition) is 2. The largest absolute Gasteiger partial charge is 0.384 e. The summed E-state index contributed by atoms with van der Waals surface area (Å²) in [4.78, 5) is 4.30. The molecule has 1 unspecified atom stereocenters. The van der Waals surface area contributed by atoms with Gasteiger partial charge in [-0.3, -0.25) is 0 Å². The molecule has 0 spiro atoms. The van der Waals surface area contributed by atoms with Gasteiger partial charge in [-0.2, -0.15) is 0 Å². The number of pyridine rings is 1. The van der Waals surface area contributed by atoms with Crippen LogP contribution in [-0.4, -0.2) is 11.0 Å². The Hall–Kier alpha value is -1.09. The van der Waals surface area contributed by atoms with E-state index in [4.69, 9.17) is 11.5 Å². The Balaban J connectivity index is 1.97. The molecule has 0 aromatic carbocycles. The van der Waals surface area contributed by atoms with Crippen LogP contribution in [0, 0.1) is 5.92 Å². The van der Waals surface area contributed by atoms with E-state index in [0.29, 0.717) is 17.8 Å². The molecule has 3 nitrogen and oxygen atoms in total. The third-order valence-corrected chi connectivity index (χ3v) is 2.91. The van der Waals surface area contributed by atoms with Crippen LogP contribution in [0.2, 0.25) is 0 Å². The first-order valence-corrected chi connectivity index (χ1v) is 5.21. The van der Waals surface area contributed by atoms with Gasteiger partial charge in [-0.25, -0.2) is 4.98 Å². The summed E-state index contributed by atoms with van der Waals surface area (Å²) in [5, 5.41) is 0. The fourth-order valence-electron chi connectivity index (χ4n) is 2.21. The van der Waals surface area contributed by atoms with Crippen molar-refractivity contribution in [1.29, 1.82) is 0 Å². The van der Waals surface area contributed by atoms with Crippen LogP contribution in [0.1, 0.15) is 25.0 Å². The maximum Gasteiger partial charge on any atom is 0.123 e. The quantitative estimate of drug-likeness (QED) is 0.741. The fraction of sp³-hybridized carbons (Fsp3) is 0.545. The molecule has 14 heavy (non-hydrogen) atoms. The molecule has 2 atom stereocenters. The zero-order valence-electron chi connectivity index (χ0n) is 8.32. The van der Waals surface area contributed by atoms with Gasteiger partial charge >= 0.3 is 0 Å². The summed E-state index contributed by atoms with van der Waals surface area (Å²) >= 11 is 0. The van der Waals surface area contributed by atoms with Gasteiger partial charge in [0.15, 0.2) is 0 Å². The molecule has 1 aromatic rings. The number of rotatable bonds is 2. The summed E-state index contributed by atoms with van der Waals surface area (Å²) in [5.41, 5.74) is 12.6. The van der Waals surface area contributed by atoms with Gasteiger partial charge in [0.25, 0.3) is 0 Å². The molecule has 1 saturated carbocycles. The topological polar surface area (TPSA) is 64.9 Å². The molecular weight excluding hydrogens is 174 g/mol. The maximum absolute atomic E-state index is 5.86. The van der Waals surface area contributed by atoms with Gasteiger partial charge in [-0.15, -0.1) is 0 Å². The zero-order valence-corrected chi connectivity index (χ0v) is 8.32. The minimum absolute atomic E-state index is 0.404. The van der Waals surface area contributed by atoms with E-state index in [0.717, 1.165) is 25.0 Å². The van der Waals surface area contributed by atoms with Crippen molar-refractivity contribution in [2.75, 3.05) is 5.73 Å². The number of nitrogens with two attached hydrogens (primary N) is 2. The van der Waals surface area contributed by atoms with Crippen LogP contribution in [-0.2, 0) is 6.42 Å². The maximum atomic E-state index is 5.86. The number of nitrogen functional groups attached to an aromatic ring is 1. The van der Waals surface area contributed by atoms with Crippen molar-refractivity contribution in [2.24, 2.45) is 11.7 Å². The Morgan fingerprint density at radius 1 is 1.36 bits per heavy atom. The van der Waals surface area contributed by atoms with E-state index in [2.05, 4.69) is 4.98 Å². The molecule has 0 aliphatic heterocycles. The first-order chi connectivity index (χ1) is 6.74. The van der Waals surface area contributed by atoms with Crippen molar-refractivity contribution in [3.63, 3.8) is 0 Å². The second-order valence-electron chi connectivity index (χ2n) is 4.20. The first kappa shape index (κ1) is 9.46. The molecule has 0 bridgehead atoms. The lowest BCUT2D eigenvalue weighted by molar-refractivity contribution is 0.529. The molecule has 1 aliphatic carbocycles. The van der Waals surface area contributed by atoms with E-state index >= 15 is 0 Å². The number of hydrogen-bond acceptors (Lipinski definition) is 3. The lowest BCUT2D eigenvalue weighted by atomic mass is 10.0. The third-order valence-electron chi connectivity index (χ3n) is 2.91. The van der Waals surface area contributed by atoms with Crippen LogP contribution in [0.3, 0.4) is 0 Å². The SMILES string of the molecule is Nc1cccc(C[C@@H]2CCC(N)C2)n1. The summed E-state index contributed by atoms with van der Waals surface area (Å²) in [6.07, 6.45) is 4.56. The van der Waals surface area contributed by atoms with Gasteiger partial charge in [-0.05, 0) is 43.7 Å². The Labute approximate surface area is 84.5 Å². The molecular formula is C11H17N3. The molecule has 4 N–H and O–H groups in total. The van der Waals surface area contributed by atoms with Gasteiger partial charge in [-0.1, -0.05) is 6.07 Å². The summed E-state index contributed by atoms with van der Waals surface area (Å²) in [5.74, 6) is 1.32. The van der Waals surface area contributed by atoms with Crippen LogP contribution < -0.4 is 11.5 Å². The van der Waals surface area contributed by atoms with Gasteiger partial charge < -0.3 is 11.5 Å². The lowest BCUT2D eigenvalue weighted by Gasteiger charge is -2.08. The molecule has 0 radical (unpaired) electrons. The number of anilines is 1. The second-order valence-corrected chi connectivity index (χ2v) is 4.20. The predicted octanol–water partition coefficient (Wildman–Crippen LogP) is 1.33. The molecule has 2 rings (SSSR count). The monoisotopic (exact) mass is 191 g/mol. The average molecular weight is 191 g/mol. The summed E-state index contributed by atoms with van der Waals surface area (Å²) in [6.45, 7) is 0. The molecule has 0 saturated heterocycles. The van der Waals surface area contributed by atoms with Gasteiger partial charge in [0.05, 0.1) is 0 Å². The predicted molar refractivity (Wildman–Crippen MR) is 57.7 cm³/mol. The lowest BCUT2D eigenvalue weighted by Crippen LogP contribution is -2.15. The summed E-state index contributed by atoms with van der Waals surface area (Å²) < 4.78 is 0. The molecule has 0 amide bonds. The Kier molecular flexibility index (Phi) is 2.68. The van der Waals surface area contributed by atoms with Crippen molar-refractivity contribution in [2.45, 2.75) is 31.7 Å². The third kappa shape index (κ3) is 2.23. The molecule has 1 aliphatic rings. The van der Waals surface area contributed by atoms with Crippen molar-refractivity contribution >= 4 is 5.82 Å². The van der Waals surface area contributed by atoms with Crippen LogP contribution in [0.15, 0.2) is 18.2 Å². The van der Waals surface area contributed by atoms with E-state index in [-0.39, 0.29) is 0 Å². The van der Waals surface area contributed by atoms with Gasteiger partial charge in [0, 0.05) is 11.7 Å². The average Bonchev–Trinajstić information content (AvgIpc) is 2.51. The van der Waals surface area contributed by atoms with E-state index in [9.17, 15) is 0 Å². The molecule has 76 valence electrons. The molecule has 1 fully saturated rings. The minimum atomic E-state index is 0.404. The summed E-state index contributed by atoms with van der Waals surface area (Å²) in [7, 11) is 0. The van der Waals surface area contributed by atoms with Crippen molar-refractivity contribution in [3.8, 4) is 0 Å². The van der Waals surface area contributed by atoms with E-state index in [1.165, 1.54) is 6.42 Å². The Morgan fingerprint density at radius 2 is 2.21 bits per heavy atom. The molecule has 3 heteroatoms. The van der Waals surface area contributed by atoms with E-state index in [1.54, 1.807) is 0 Å². The first-order valence-electron chi connectivity index (χ1n) is 5.21. The molecule has 1 aromatic heterocycles. The second kappa shape index (κ2) is 3.96. The zero-order chi connectivity index (χ0) is 9.97.